The summed E-state index contributed by atoms with van der Waals surface area (Å²) >= 11 is 0. The van der Waals surface area contributed by atoms with Gasteiger partial charge in [0, 0.05) is 6.42 Å². The maximum Gasteiger partial charge on any atom is 0.355 e. The third kappa shape index (κ3) is 8.59. The lowest BCUT2D eigenvalue weighted by atomic mass is 9.82. The van der Waals surface area contributed by atoms with Crippen LogP contribution in [-0.2, 0) is 35.1 Å². The number of hydrogen-bond donors (Lipinski definition) is 1. The fraction of sp³-hybridized carbons (Fsp3) is 0.565. The lowest BCUT2D eigenvalue weighted by molar-refractivity contribution is -0.170. The molecule has 1 unspecified atom stereocenters. The number of carbonyl (C=O) groups excluding carboxylic acids is 4. The van der Waals surface area contributed by atoms with Crippen LogP contribution in [0.2, 0.25) is 0 Å². The minimum absolute atomic E-state index is 0. The fourth-order valence-electron chi connectivity index (χ4n) is 3.51. The molecule has 32 heavy (non-hydrogen) atoms. The Morgan fingerprint density at radius 3 is 2.22 bits per heavy atom. The van der Waals surface area contributed by atoms with Crippen molar-refractivity contribution < 1.29 is 33.4 Å². The second-order valence-corrected chi connectivity index (χ2v) is 7.75. The first kappa shape index (κ1) is 27.6. The molecule has 1 fully saturated rings. The molecule has 0 radical (unpaired) electrons. The van der Waals surface area contributed by atoms with Gasteiger partial charge in [0.15, 0.2) is 5.78 Å². The van der Waals surface area contributed by atoms with Crippen LogP contribution in [0.1, 0.15) is 51.5 Å². The predicted octanol–water partition coefficient (Wildman–Crippen LogP) is 2.78. The van der Waals surface area contributed by atoms with Gasteiger partial charge in [-0.2, -0.15) is 0 Å². The Morgan fingerprint density at radius 1 is 1.06 bits per heavy atom. The van der Waals surface area contributed by atoms with E-state index in [-0.39, 0.29) is 37.3 Å². The topological polar surface area (TPSA) is 122 Å². The Labute approximate surface area is 194 Å². The zero-order valence-electron chi connectivity index (χ0n) is 18.5. The van der Waals surface area contributed by atoms with Crippen LogP contribution in [0.15, 0.2) is 24.3 Å². The van der Waals surface area contributed by atoms with Crippen LogP contribution in [0, 0.1) is 11.8 Å². The molecule has 2 rings (SSSR count). The van der Waals surface area contributed by atoms with Crippen LogP contribution >= 0.6 is 12.4 Å². The summed E-state index contributed by atoms with van der Waals surface area (Å²) in [6, 6.07) is 6.88. The SMILES string of the molecule is CCOC(=O)C(OC(=O)CCc1ccc(OC(=O)C2CCC(CN)CC2)cc1)C(C)=O.Cl. The molecular weight excluding hydrogens is 438 g/mol. The van der Waals surface area contributed by atoms with E-state index in [9.17, 15) is 19.2 Å². The van der Waals surface area contributed by atoms with E-state index < -0.39 is 23.8 Å². The molecule has 0 bridgehead atoms. The van der Waals surface area contributed by atoms with Crippen molar-refractivity contribution in [1.29, 1.82) is 0 Å². The number of aryl methyl sites for hydroxylation is 1. The van der Waals surface area contributed by atoms with Crippen molar-refractivity contribution in [1.82, 2.24) is 0 Å². The number of carbonyl (C=O) groups is 4. The Kier molecular flexibility index (Phi) is 11.9. The second kappa shape index (κ2) is 13.9. The van der Waals surface area contributed by atoms with E-state index in [2.05, 4.69) is 0 Å². The number of ketones is 1. The Hall–Kier alpha value is -2.45. The number of ether oxygens (including phenoxy) is 3. The quantitative estimate of drug-likeness (QED) is 0.315. The van der Waals surface area contributed by atoms with Crippen molar-refractivity contribution >= 4 is 36.1 Å². The maximum absolute atomic E-state index is 12.3. The number of nitrogens with two attached hydrogens (primary N) is 1. The molecule has 9 heteroatoms. The molecule has 2 N–H and O–H groups in total. The first-order valence-corrected chi connectivity index (χ1v) is 10.7. The van der Waals surface area contributed by atoms with E-state index in [0.717, 1.165) is 31.2 Å². The third-order valence-corrected chi connectivity index (χ3v) is 5.39. The Balaban J connectivity index is 0.00000512. The summed E-state index contributed by atoms with van der Waals surface area (Å²) in [5.74, 6) is -1.49. The lowest BCUT2D eigenvalue weighted by Crippen LogP contribution is -2.35. The fourth-order valence-corrected chi connectivity index (χ4v) is 3.51. The normalized spacial score (nSPS) is 18.6. The third-order valence-electron chi connectivity index (χ3n) is 5.39. The van der Waals surface area contributed by atoms with Gasteiger partial charge in [0.25, 0.3) is 6.10 Å². The summed E-state index contributed by atoms with van der Waals surface area (Å²) < 4.78 is 15.2. The molecule has 1 aliphatic rings. The maximum atomic E-state index is 12.3. The Bertz CT molecular complexity index is 773. The summed E-state index contributed by atoms with van der Waals surface area (Å²) in [5.41, 5.74) is 6.52. The van der Waals surface area contributed by atoms with Crippen molar-refractivity contribution in [3.8, 4) is 5.75 Å². The monoisotopic (exact) mass is 469 g/mol. The average Bonchev–Trinajstić information content (AvgIpc) is 2.77. The number of Topliss-reactive ketones (excluding diaryl/α,β-unsaturated/α-hetero) is 1. The number of rotatable bonds is 10. The van der Waals surface area contributed by atoms with Crippen molar-refractivity contribution in [3.63, 3.8) is 0 Å². The highest BCUT2D eigenvalue weighted by molar-refractivity contribution is 6.02. The summed E-state index contributed by atoms with van der Waals surface area (Å²) in [6.45, 7) is 3.52. The van der Waals surface area contributed by atoms with Gasteiger partial charge in [-0.25, -0.2) is 4.79 Å². The van der Waals surface area contributed by atoms with Crippen LogP contribution in [0.3, 0.4) is 0 Å². The van der Waals surface area contributed by atoms with Gasteiger partial charge in [-0.1, -0.05) is 12.1 Å². The molecule has 0 amide bonds. The van der Waals surface area contributed by atoms with E-state index in [1.807, 2.05) is 0 Å². The molecule has 0 heterocycles. The van der Waals surface area contributed by atoms with Gasteiger partial charge in [-0.3, -0.25) is 14.4 Å². The van der Waals surface area contributed by atoms with Gasteiger partial charge in [0.05, 0.1) is 12.5 Å². The predicted molar refractivity (Wildman–Crippen MR) is 119 cm³/mol. The van der Waals surface area contributed by atoms with Gasteiger partial charge in [0.2, 0.25) is 0 Å². The molecule has 0 aromatic heterocycles. The number of halogens is 1. The molecule has 0 aliphatic heterocycles. The van der Waals surface area contributed by atoms with Crippen molar-refractivity contribution in [2.45, 2.75) is 58.5 Å². The minimum atomic E-state index is -1.53. The highest BCUT2D eigenvalue weighted by Crippen LogP contribution is 2.29. The van der Waals surface area contributed by atoms with Gasteiger partial charge in [-0.15, -0.1) is 12.4 Å². The smallest absolute Gasteiger partial charge is 0.355 e. The standard InChI is InChI=1S/C23H31NO7.ClH/c1-3-29-23(28)21(15(2)25)31-20(26)13-8-16-6-11-19(12-7-16)30-22(27)18-9-4-17(14-24)5-10-18;/h6-7,11-12,17-18,21H,3-5,8-10,13-14,24H2,1-2H3;1H. The van der Waals surface area contributed by atoms with Crippen LogP contribution in [-0.4, -0.2) is 42.9 Å². The summed E-state index contributed by atoms with van der Waals surface area (Å²) in [6.07, 6.45) is 2.31. The van der Waals surface area contributed by atoms with Crippen molar-refractivity contribution in [2.24, 2.45) is 17.6 Å². The Morgan fingerprint density at radius 2 is 1.69 bits per heavy atom. The molecule has 1 saturated carbocycles. The molecule has 0 saturated heterocycles. The van der Waals surface area contributed by atoms with Gasteiger partial charge >= 0.3 is 17.9 Å². The average molecular weight is 470 g/mol. The zero-order valence-corrected chi connectivity index (χ0v) is 19.4. The van der Waals surface area contributed by atoms with E-state index in [1.165, 1.54) is 6.92 Å². The summed E-state index contributed by atoms with van der Waals surface area (Å²) in [7, 11) is 0. The number of benzene rings is 1. The molecule has 1 aliphatic carbocycles. The highest BCUT2D eigenvalue weighted by Gasteiger charge is 2.29. The molecule has 1 aromatic carbocycles. The molecule has 8 nitrogen and oxygen atoms in total. The lowest BCUT2D eigenvalue weighted by Gasteiger charge is -2.26. The molecule has 1 aromatic rings. The molecular formula is C23H32ClNO7. The zero-order chi connectivity index (χ0) is 22.8. The first-order chi connectivity index (χ1) is 14.8. The van der Waals surface area contributed by atoms with Crippen molar-refractivity contribution in [3.05, 3.63) is 29.8 Å². The highest BCUT2D eigenvalue weighted by atomic mass is 35.5. The molecule has 178 valence electrons. The van der Waals surface area contributed by atoms with Crippen molar-refractivity contribution in [2.75, 3.05) is 13.2 Å². The number of esters is 3. The second-order valence-electron chi connectivity index (χ2n) is 7.75. The van der Waals surface area contributed by atoms with Gasteiger partial charge in [0.1, 0.15) is 5.75 Å². The molecule has 1 atom stereocenters. The van der Waals surface area contributed by atoms with Crippen LogP contribution < -0.4 is 10.5 Å². The summed E-state index contributed by atoms with van der Waals surface area (Å²) in [4.78, 5) is 47.6. The largest absolute Gasteiger partial charge is 0.463 e. The first-order valence-electron chi connectivity index (χ1n) is 10.7. The number of hydrogen-bond acceptors (Lipinski definition) is 8. The summed E-state index contributed by atoms with van der Waals surface area (Å²) in [5, 5.41) is 0. The van der Waals surface area contributed by atoms with Crippen LogP contribution in [0.5, 0.6) is 5.75 Å². The molecule has 0 spiro atoms. The van der Waals surface area contributed by atoms with E-state index in [0.29, 0.717) is 24.6 Å². The van der Waals surface area contributed by atoms with Gasteiger partial charge in [-0.05, 0) is 76.1 Å². The van der Waals surface area contributed by atoms with E-state index >= 15 is 0 Å². The van der Waals surface area contributed by atoms with E-state index in [1.54, 1.807) is 31.2 Å². The van der Waals surface area contributed by atoms with Crippen LogP contribution in [0.25, 0.3) is 0 Å². The van der Waals surface area contributed by atoms with E-state index in [4.69, 9.17) is 19.9 Å². The van der Waals surface area contributed by atoms with Crippen LogP contribution in [0.4, 0.5) is 0 Å². The van der Waals surface area contributed by atoms with Gasteiger partial charge < -0.3 is 19.9 Å². The minimum Gasteiger partial charge on any atom is -0.463 e.